The van der Waals surface area contributed by atoms with Crippen LogP contribution in [-0.4, -0.2) is 6.04 Å². The Kier molecular flexibility index (Phi) is 7.05. The fourth-order valence-electron chi connectivity index (χ4n) is 3.58. The Labute approximate surface area is 128 Å². The monoisotopic (exact) mass is 294 g/mol. The molecule has 1 saturated carbocycles. The highest BCUT2D eigenvalue weighted by atomic mass is 32.1. The van der Waals surface area contributed by atoms with Gasteiger partial charge in [-0.15, -0.1) is 11.3 Å². The minimum atomic E-state index is 0.504. The van der Waals surface area contributed by atoms with Crippen molar-refractivity contribution in [3.05, 3.63) is 22.4 Å². The summed E-state index contributed by atoms with van der Waals surface area (Å²) in [6, 6.07) is 4.88. The number of hydrogen-bond acceptors (Lipinski definition) is 3. The highest BCUT2D eigenvalue weighted by Gasteiger charge is 2.26. The molecule has 0 saturated heterocycles. The summed E-state index contributed by atoms with van der Waals surface area (Å²) in [6.07, 6.45) is 12.1. The first-order valence-corrected chi connectivity index (χ1v) is 9.20. The van der Waals surface area contributed by atoms with Gasteiger partial charge in [0, 0.05) is 10.9 Å². The third kappa shape index (κ3) is 4.87. The van der Waals surface area contributed by atoms with Crippen LogP contribution >= 0.6 is 11.3 Å². The van der Waals surface area contributed by atoms with Crippen molar-refractivity contribution >= 4 is 11.3 Å². The van der Waals surface area contributed by atoms with E-state index in [2.05, 4.69) is 29.9 Å². The predicted octanol–water partition coefficient (Wildman–Crippen LogP) is 4.51. The van der Waals surface area contributed by atoms with E-state index in [4.69, 9.17) is 5.84 Å². The number of hydrogen-bond donors (Lipinski definition) is 2. The van der Waals surface area contributed by atoms with Gasteiger partial charge in [0.1, 0.15) is 0 Å². The lowest BCUT2D eigenvalue weighted by Gasteiger charge is -2.33. The molecular weight excluding hydrogens is 264 g/mol. The van der Waals surface area contributed by atoms with Gasteiger partial charge >= 0.3 is 0 Å². The van der Waals surface area contributed by atoms with E-state index >= 15 is 0 Å². The van der Waals surface area contributed by atoms with Gasteiger partial charge in [-0.25, -0.2) is 0 Å². The van der Waals surface area contributed by atoms with Crippen LogP contribution in [0.4, 0.5) is 0 Å². The summed E-state index contributed by atoms with van der Waals surface area (Å²) in [6.45, 7) is 2.30. The molecule has 114 valence electrons. The van der Waals surface area contributed by atoms with Crippen molar-refractivity contribution in [2.75, 3.05) is 0 Å². The molecule has 3 heteroatoms. The van der Waals surface area contributed by atoms with Crippen LogP contribution in [0, 0.1) is 11.8 Å². The van der Waals surface area contributed by atoms with Crippen molar-refractivity contribution < 1.29 is 0 Å². The molecule has 1 heterocycles. The molecule has 0 spiro atoms. The van der Waals surface area contributed by atoms with Crippen LogP contribution in [0.25, 0.3) is 0 Å². The molecule has 0 amide bonds. The summed E-state index contributed by atoms with van der Waals surface area (Å²) in [5.41, 5.74) is 3.10. The van der Waals surface area contributed by atoms with Crippen molar-refractivity contribution in [1.29, 1.82) is 0 Å². The Bertz CT molecular complexity index is 342. The summed E-state index contributed by atoms with van der Waals surface area (Å²) in [5, 5.41) is 2.17. The fourth-order valence-corrected chi connectivity index (χ4v) is 4.30. The summed E-state index contributed by atoms with van der Waals surface area (Å²) in [4.78, 5) is 1.49. The quantitative estimate of drug-likeness (QED) is 0.547. The van der Waals surface area contributed by atoms with Crippen molar-refractivity contribution in [3.8, 4) is 0 Å². The SMILES string of the molecule is CCCCC1CCC(C(CCc2cccs2)NN)CC1. The van der Waals surface area contributed by atoms with Gasteiger partial charge in [-0.05, 0) is 49.0 Å². The minimum absolute atomic E-state index is 0.504. The van der Waals surface area contributed by atoms with E-state index in [1.165, 1.54) is 62.7 Å². The molecule has 0 radical (unpaired) electrons. The first-order valence-electron chi connectivity index (χ1n) is 8.32. The molecule has 1 aromatic rings. The first-order chi connectivity index (χ1) is 9.83. The summed E-state index contributed by atoms with van der Waals surface area (Å²) in [5.74, 6) is 7.59. The van der Waals surface area contributed by atoms with E-state index < -0.39 is 0 Å². The van der Waals surface area contributed by atoms with Gasteiger partial charge in [0.15, 0.2) is 0 Å². The predicted molar refractivity (Wildman–Crippen MR) is 88.7 cm³/mol. The van der Waals surface area contributed by atoms with Gasteiger partial charge in [0.25, 0.3) is 0 Å². The third-order valence-electron chi connectivity index (χ3n) is 4.92. The second kappa shape index (κ2) is 8.81. The molecule has 1 aromatic heterocycles. The topological polar surface area (TPSA) is 38.0 Å². The Morgan fingerprint density at radius 1 is 1.35 bits per heavy atom. The maximum Gasteiger partial charge on any atom is 0.0242 e. The standard InChI is InChI=1S/C17H30N2S/c1-2-3-5-14-7-9-15(10-8-14)17(19-18)12-11-16-6-4-13-20-16/h4,6,13-15,17,19H,2-3,5,7-12,18H2,1H3. The van der Waals surface area contributed by atoms with Crippen molar-refractivity contribution in [1.82, 2.24) is 5.43 Å². The molecule has 0 aromatic carbocycles. The van der Waals surface area contributed by atoms with Crippen LogP contribution in [0.2, 0.25) is 0 Å². The van der Waals surface area contributed by atoms with Crippen LogP contribution < -0.4 is 11.3 Å². The minimum Gasteiger partial charge on any atom is -0.271 e. The van der Waals surface area contributed by atoms with Crippen LogP contribution in [0.15, 0.2) is 17.5 Å². The molecule has 1 aliphatic rings. The second-order valence-electron chi connectivity index (χ2n) is 6.31. The summed E-state index contributed by atoms with van der Waals surface area (Å²) < 4.78 is 0. The molecule has 2 rings (SSSR count). The van der Waals surface area contributed by atoms with E-state index in [1.54, 1.807) is 0 Å². The van der Waals surface area contributed by atoms with Crippen LogP contribution in [0.5, 0.6) is 0 Å². The van der Waals surface area contributed by atoms with E-state index in [0.29, 0.717) is 6.04 Å². The number of hydrazine groups is 1. The largest absolute Gasteiger partial charge is 0.271 e. The molecule has 3 N–H and O–H groups in total. The fraction of sp³-hybridized carbons (Fsp3) is 0.765. The maximum atomic E-state index is 5.81. The molecule has 1 unspecified atom stereocenters. The number of rotatable bonds is 8. The summed E-state index contributed by atoms with van der Waals surface area (Å²) in [7, 11) is 0. The van der Waals surface area contributed by atoms with Gasteiger partial charge in [0.2, 0.25) is 0 Å². The van der Waals surface area contributed by atoms with E-state index in [1.807, 2.05) is 11.3 Å². The van der Waals surface area contributed by atoms with Gasteiger partial charge < -0.3 is 0 Å². The zero-order chi connectivity index (χ0) is 14.2. The highest BCUT2D eigenvalue weighted by Crippen LogP contribution is 2.34. The molecule has 2 nitrogen and oxygen atoms in total. The summed E-state index contributed by atoms with van der Waals surface area (Å²) >= 11 is 1.86. The first kappa shape index (κ1) is 16.0. The highest BCUT2D eigenvalue weighted by molar-refractivity contribution is 7.09. The molecule has 0 bridgehead atoms. The smallest absolute Gasteiger partial charge is 0.0242 e. The normalized spacial score (nSPS) is 24.7. The Balaban J connectivity index is 1.72. The number of unbranched alkanes of at least 4 members (excludes halogenated alkanes) is 1. The Morgan fingerprint density at radius 3 is 2.75 bits per heavy atom. The second-order valence-corrected chi connectivity index (χ2v) is 7.35. The maximum absolute atomic E-state index is 5.81. The lowest BCUT2D eigenvalue weighted by Crippen LogP contribution is -2.42. The molecular formula is C17H30N2S. The van der Waals surface area contributed by atoms with Gasteiger partial charge in [-0.3, -0.25) is 11.3 Å². The lowest BCUT2D eigenvalue weighted by atomic mass is 9.76. The van der Waals surface area contributed by atoms with Crippen LogP contribution in [-0.2, 0) is 6.42 Å². The van der Waals surface area contributed by atoms with Gasteiger partial charge in [0.05, 0.1) is 0 Å². The average Bonchev–Trinajstić information content (AvgIpc) is 3.00. The number of aryl methyl sites for hydroxylation is 1. The zero-order valence-corrected chi connectivity index (χ0v) is 13.6. The number of nitrogens with two attached hydrogens (primary N) is 1. The van der Waals surface area contributed by atoms with Crippen LogP contribution in [0.3, 0.4) is 0 Å². The Hall–Kier alpha value is -0.380. The zero-order valence-electron chi connectivity index (χ0n) is 12.8. The average molecular weight is 295 g/mol. The van der Waals surface area contributed by atoms with E-state index in [9.17, 15) is 0 Å². The number of thiophene rings is 1. The number of nitrogens with one attached hydrogen (secondary N) is 1. The van der Waals surface area contributed by atoms with Crippen molar-refractivity contribution in [2.45, 2.75) is 70.8 Å². The third-order valence-corrected chi connectivity index (χ3v) is 5.86. The van der Waals surface area contributed by atoms with E-state index in [0.717, 1.165) is 11.8 Å². The van der Waals surface area contributed by atoms with Gasteiger partial charge in [-0.2, -0.15) is 0 Å². The van der Waals surface area contributed by atoms with Crippen LogP contribution in [0.1, 0.15) is 63.2 Å². The molecule has 20 heavy (non-hydrogen) atoms. The van der Waals surface area contributed by atoms with Crippen molar-refractivity contribution in [3.63, 3.8) is 0 Å². The van der Waals surface area contributed by atoms with E-state index in [-0.39, 0.29) is 0 Å². The molecule has 1 atom stereocenters. The lowest BCUT2D eigenvalue weighted by molar-refractivity contribution is 0.206. The molecule has 1 fully saturated rings. The molecule has 1 aliphatic carbocycles. The van der Waals surface area contributed by atoms with Crippen molar-refractivity contribution in [2.24, 2.45) is 17.7 Å². The van der Waals surface area contributed by atoms with Gasteiger partial charge in [-0.1, -0.05) is 45.1 Å². The molecule has 0 aliphatic heterocycles. The Morgan fingerprint density at radius 2 is 2.15 bits per heavy atom.